The Hall–Kier alpha value is -1.66. The number of fused-ring (bicyclic) bond motifs is 1. The third kappa shape index (κ3) is 2.41. The highest BCUT2D eigenvalue weighted by Crippen LogP contribution is 2.21. The van der Waals surface area contributed by atoms with E-state index in [4.69, 9.17) is 17.0 Å². The second-order valence-electron chi connectivity index (χ2n) is 4.19. The van der Waals surface area contributed by atoms with Crippen LogP contribution in [0.1, 0.15) is 5.69 Å². The topological polar surface area (TPSA) is 42.8 Å². The lowest BCUT2D eigenvalue weighted by atomic mass is 10.3. The van der Waals surface area contributed by atoms with Gasteiger partial charge in [0.1, 0.15) is 5.75 Å². The molecule has 0 radical (unpaired) electrons. The monoisotopic (exact) mass is 291 g/mol. The Morgan fingerprint density at radius 2 is 2.37 bits per heavy atom. The average molecular weight is 291 g/mol. The molecule has 0 spiro atoms. The van der Waals surface area contributed by atoms with Crippen LogP contribution >= 0.6 is 23.6 Å². The first-order valence-corrected chi connectivity index (χ1v) is 7.26. The van der Waals surface area contributed by atoms with Crippen LogP contribution in [0.3, 0.4) is 0 Å². The van der Waals surface area contributed by atoms with Crippen LogP contribution in [0.5, 0.6) is 5.75 Å². The van der Waals surface area contributed by atoms with E-state index in [1.807, 2.05) is 23.7 Å². The van der Waals surface area contributed by atoms with Crippen LogP contribution in [0.25, 0.3) is 11.0 Å². The molecule has 0 saturated heterocycles. The zero-order valence-electron chi connectivity index (χ0n) is 10.4. The van der Waals surface area contributed by atoms with Gasteiger partial charge in [-0.15, -0.1) is 11.3 Å². The Bertz CT molecular complexity index is 743. The van der Waals surface area contributed by atoms with Crippen molar-refractivity contribution in [3.8, 4) is 5.75 Å². The third-order valence-corrected chi connectivity index (χ3v) is 4.02. The van der Waals surface area contributed by atoms with Crippen LogP contribution in [-0.4, -0.2) is 21.6 Å². The molecule has 19 heavy (non-hydrogen) atoms. The molecule has 0 bridgehead atoms. The first kappa shape index (κ1) is 12.4. The summed E-state index contributed by atoms with van der Waals surface area (Å²) in [6.07, 6.45) is 0.877. The van der Waals surface area contributed by atoms with Crippen molar-refractivity contribution in [2.24, 2.45) is 0 Å². The Morgan fingerprint density at radius 3 is 3.11 bits per heavy atom. The van der Waals surface area contributed by atoms with Crippen molar-refractivity contribution in [3.63, 3.8) is 0 Å². The molecule has 2 aromatic heterocycles. The number of imidazole rings is 1. The van der Waals surface area contributed by atoms with E-state index in [0.717, 1.165) is 40.2 Å². The second-order valence-corrected chi connectivity index (χ2v) is 5.30. The van der Waals surface area contributed by atoms with E-state index in [0.29, 0.717) is 0 Å². The highest BCUT2D eigenvalue weighted by molar-refractivity contribution is 7.71. The molecule has 0 aliphatic rings. The highest BCUT2D eigenvalue weighted by atomic mass is 32.1. The van der Waals surface area contributed by atoms with Gasteiger partial charge in [-0.3, -0.25) is 0 Å². The van der Waals surface area contributed by atoms with Crippen LogP contribution in [0, 0.1) is 4.77 Å². The molecule has 2 heterocycles. The van der Waals surface area contributed by atoms with Crippen molar-refractivity contribution < 1.29 is 4.74 Å². The van der Waals surface area contributed by atoms with Gasteiger partial charge in [-0.2, -0.15) is 0 Å². The summed E-state index contributed by atoms with van der Waals surface area (Å²) in [4.78, 5) is 7.51. The summed E-state index contributed by atoms with van der Waals surface area (Å²) < 4.78 is 8.09. The summed E-state index contributed by atoms with van der Waals surface area (Å²) >= 11 is 6.99. The fraction of sp³-hybridized carbons (Fsp3) is 0.231. The minimum Gasteiger partial charge on any atom is -0.497 e. The molecule has 0 unspecified atom stereocenters. The van der Waals surface area contributed by atoms with Gasteiger partial charge in [0.05, 0.1) is 29.3 Å². The number of benzene rings is 1. The minimum absolute atomic E-state index is 0.735. The van der Waals surface area contributed by atoms with Crippen LogP contribution in [0.15, 0.2) is 29.1 Å². The van der Waals surface area contributed by atoms with Crippen molar-refractivity contribution in [2.75, 3.05) is 7.11 Å². The first-order chi connectivity index (χ1) is 9.28. The number of nitrogens with one attached hydrogen (secondary N) is 1. The SMILES string of the molecule is COc1ccc2[nH]c(=S)n(CCc3cscn3)c2c1. The van der Waals surface area contributed by atoms with Crippen molar-refractivity contribution in [2.45, 2.75) is 13.0 Å². The van der Waals surface area contributed by atoms with Crippen molar-refractivity contribution in [3.05, 3.63) is 39.6 Å². The number of rotatable bonds is 4. The van der Waals surface area contributed by atoms with Gasteiger partial charge in [-0.1, -0.05) is 0 Å². The van der Waals surface area contributed by atoms with E-state index < -0.39 is 0 Å². The zero-order chi connectivity index (χ0) is 13.2. The number of aromatic nitrogens is 3. The molecule has 1 aromatic carbocycles. The summed E-state index contributed by atoms with van der Waals surface area (Å²) in [7, 11) is 1.67. The number of hydrogen-bond donors (Lipinski definition) is 1. The second kappa shape index (κ2) is 5.14. The molecule has 0 aliphatic carbocycles. The van der Waals surface area contributed by atoms with Gasteiger partial charge in [0.2, 0.25) is 0 Å². The normalized spacial score (nSPS) is 11.0. The van der Waals surface area contributed by atoms with E-state index in [1.165, 1.54) is 0 Å². The quantitative estimate of drug-likeness (QED) is 0.749. The Kier molecular flexibility index (Phi) is 3.35. The molecule has 3 rings (SSSR count). The predicted molar refractivity (Wildman–Crippen MR) is 79.5 cm³/mol. The van der Waals surface area contributed by atoms with Crippen LogP contribution in [0.4, 0.5) is 0 Å². The Balaban J connectivity index is 1.97. The number of H-pyrrole nitrogens is 1. The Morgan fingerprint density at radius 1 is 1.47 bits per heavy atom. The van der Waals surface area contributed by atoms with Gasteiger partial charge in [-0.05, 0) is 24.4 Å². The van der Waals surface area contributed by atoms with Crippen molar-refractivity contribution in [1.82, 2.24) is 14.5 Å². The van der Waals surface area contributed by atoms with Crippen LogP contribution in [-0.2, 0) is 13.0 Å². The maximum atomic E-state index is 5.38. The molecule has 6 heteroatoms. The molecule has 0 fully saturated rings. The van der Waals surface area contributed by atoms with Gasteiger partial charge >= 0.3 is 0 Å². The zero-order valence-corrected chi connectivity index (χ0v) is 12.1. The molecule has 4 nitrogen and oxygen atoms in total. The molecular formula is C13H13N3OS2. The standard InChI is InChI=1S/C13H13N3OS2/c1-17-10-2-3-11-12(6-10)16(13(18)15-11)5-4-9-7-19-8-14-9/h2-3,6-8H,4-5H2,1H3,(H,15,18). The predicted octanol–water partition coefficient (Wildman–Crippen LogP) is 3.41. The fourth-order valence-corrected chi connectivity index (χ4v) is 2.96. The minimum atomic E-state index is 0.735. The fourth-order valence-electron chi connectivity index (χ4n) is 2.07. The molecule has 1 N–H and O–H groups in total. The van der Waals surface area contributed by atoms with E-state index in [2.05, 4.69) is 19.9 Å². The van der Waals surface area contributed by atoms with Gasteiger partial charge < -0.3 is 14.3 Å². The molecule has 0 saturated carbocycles. The van der Waals surface area contributed by atoms with Gasteiger partial charge in [0, 0.05) is 24.4 Å². The summed E-state index contributed by atoms with van der Waals surface area (Å²) in [5.41, 5.74) is 5.06. The summed E-state index contributed by atoms with van der Waals surface area (Å²) in [5, 5.41) is 2.07. The number of aryl methyl sites for hydroxylation is 2. The third-order valence-electron chi connectivity index (χ3n) is 3.06. The first-order valence-electron chi connectivity index (χ1n) is 5.91. The average Bonchev–Trinajstić information content (AvgIpc) is 3.03. The van der Waals surface area contributed by atoms with Crippen molar-refractivity contribution in [1.29, 1.82) is 0 Å². The lowest BCUT2D eigenvalue weighted by molar-refractivity contribution is 0.415. The number of thiazole rings is 1. The number of aromatic amines is 1. The van der Waals surface area contributed by atoms with Crippen LogP contribution in [0.2, 0.25) is 0 Å². The maximum Gasteiger partial charge on any atom is 0.178 e. The van der Waals surface area contributed by atoms with Crippen molar-refractivity contribution >= 4 is 34.6 Å². The highest BCUT2D eigenvalue weighted by Gasteiger charge is 2.06. The molecule has 0 aliphatic heterocycles. The van der Waals surface area contributed by atoms with E-state index in [1.54, 1.807) is 18.4 Å². The van der Waals surface area contributed by atoms with Crippen LogP contribution < -0.4 is 4.74 Å². The largest absolute Gasteiger partial charge is 0.497 e. The molecule has 0 amide bonds. The Labute approximate surface area is 119 Å². The molecule has 98 valence electrons. The summed E-state index contributed by atoms with van der Waals surface area (Å²) in [5.74, 6) is 0.837. The van der Waals surface area contributed by atoms with E-state index >= 15 is 0 Å². The van der Waals surface area contributed by atoms with Gasteiger partial charge in [-0.25, -0.2) is 4.98 Å². The number of nitrogens with zero attached hydrogens (tertiary/aromatic N) is 2. The van der Waals surface area contributed by atoms with E-state index in [-0.39, 0.29) is 0 Å². The smallest absolute Gasteiger partial charge is 0.178 e. The lowest BCUT2D eigenvalue weighted by Crippen LogP contribution is -2.01. The molecule has 3 aromatic rings. The van der Waals surface area contributed by atoms with Gasteiger partial charge in [0.15, 0.2) is 4.77 Å². The summed E-state index contributed by atoms with van der Waals surface area (Å²) in [6.45, 7) is 0.815. The lowest BCUT2D eigenvalue weighted by Gasteiger charge is -2.04. The van der Waals surface area contributed by atoms with Gasteiger partial charge in [0.25, 0.3) is 0 Å². The number of methoxy groups -OCH3 is 1. The maximum absolute atomic E-state index is 5.38. The van der Waals surface area contributed by atoms with E-state index in [9.17, 15) is 0 Å². The molecular weight excluding hydrogens is 278 g/mol. The summed E-state index contributed by atoms with van der Waals surface area (Å²) in [6, 6.07) is 5.92. The molecule has 0 atom stereocenters. The number of hydrogen-bond acceptors (Lipinski definition) is 4. The number of ether oxygens (including phenoxy) is 1.